The second-order valence-electron chi connectivity index (χ2n) is 5.68. The van der Waals surface area contributed by atoms with Crippen molar-refractivity contribution < 1.29 is 14.4 Å². The molecule has 0 aliphatic carbocycles. The monoisotopic (exact) mass is 363 g/mol. The van der Waals surface area contributed by atoms with Gasteiger partial charge in [-0.1, -0.05) is 24.3 Å². The lowest BCUT2D eigenvalue weighted by Crippen LogP contribution is -2.18. The number of nitrogens with one attached hydrogen (secondary N) is 4. The number of H-pyrrole nitrogens is 1. The summed E-state index contributed by atoms with van der Waals surface area (Å²) in [5.74, 6) is -1.12. The van der Waals surface area contributed by atoms with Gasteiger partial charge in [-0.2, -0.15) is 5.10 Å². The summed E-state index contributed by atoms with van der Waals surface area (Å²) in [5.41, 5.74) is 1.76. The van der Waals surface area contributed by atoms with Crippen LogP contribution >= 0.6 is 0 Å². The van der Waals surface area contributed by atoms with Gasteiger partial charge in [0.2, 0.25) is 5.91 Å². The number of nitrogens with zero attached hydrogens (tertiary/aromatic N) is 1. The number of aromatic nitrogens is 2. The van der Waals surface area contributed by atoms with Crippen molar-refractivity contribution in [2.45, 2.75) is 6.92 Å². The van der Waals surface area contributed by atoms with Crippen molar-refractivity contribution in [2.24, 2.45) is 0 Å². The van der Waals surface area contributed by atoms with Gasteiger partial charge in [0.1, 0.15) is 0 Å². The zero-order valence-corrected chi connectivity index (χ0v) is 14.4. The van der Waals surface area contributed by atoms with Crippen LogP contribution in [-0.2, 0) is 4.79 Å². The van der Waals surface area contributed by atoms with Crippen LogP contribution in [0.3, 0.4) is 0 Å². The molecule has 0 radical (unpaired) electrons. The van der Waals surface area contributed by atoms with Crippen LogP contribution in [0.4, 0.5) is 17.1 Å². The number of benzene rings is 2. The summed E-state index contributed by atoms with van der Waals surface area (Å²) in [6.07, 6.45) is 1.43. The lowest BCUT2D eigenvalue weighted by atomic mass is 10.2. The predicted octanol–water partition coefficient (Wildman–Crippen LogP) is 2.87. The van der Waals surface area contributed by atoms with Gasteiger partial charge in [-0.05, 0) is 30.3 Å². The van der Waals surface area contributed by atoms with E-state index in [9.17, 15) is 14.4 Å². The second kappa shape index (κ2) is 7.96. The Morgan fingerprint density at radius 1 is 0.852 bits per heavy atom. The van der Waals surface area contributed by atoms with Crippen LogP contribution in [0.2, 0.25) is 0 Å². The number of carbonyl (C=O) groups excluding carboxylic acids is 3. The van der Waals surface area contributed by atoms with E-state index in [1.165, 1.54) is 13.1 Å². The summed E-state index contributed by atoms with van der Waals surface area (Å²) in [7, 11) is 0. The zero-order valence-electron chi connectivity index (χ0n) is 14.4. The molecule has 3 rings (SSSR count). The summed E-state index contributed by atoms with van der Waals surface area (Å²) in [6.45, 7) is 1.38. The quantitative estimate of drug-likeness (QED) is 0.558. The topological polar surface area (TPSA) is 116 Å². The first-order valence-corrected chi connectivity index (χ1v) is 8.12. The van der Waals surface area contributed by atoms with Gasteiger partial charge in [-0.15, -0.1) is 0 Å². The molecule has 1 heterocycles. The SMILES string of the molecule is CC(=O)Nc1cccc(C(=O)Nc2c[nH]nc2C(=O)Nc2ccccc2)c1. The number of hydrogen-bond acceptors (Lipinski definition) is 4. The highest BCUT2D eigenvalue weighted by atomic mass is 16.2. The first-order chi connectivity index (χ1) is 13.0. The van der Waals surface area contributed by atoms with Crippen LogP contribution in [0, 0.1) is 0 Å². The molecule has 2 aromatic carbocycles. The molecule has 8 heteroatoms. The Morgan fingerprint density at radius 2 is 1.59 bits per heavy atom. The van der Waals surface area contributed by atoms with Gasteiger partial charge in [0, 0.05) is 30.1 Å². The van der Waals surface area contributed by atoms with Crippen molar-refractivity contribution in [3.8, 4) is 0 Å². The molecule has 27 heavy (non-hydrogen) atoms. The molecule has 1 aromatic heterocycles. The number of rotatable bonds is 5. The van der Waals surface area contributed by atoms with Crippen molar-refractivity contribution >= 4 is 34.8 Å². The van der Waals surface area contributed by atoms with Gasteiger partial charge in [0.15, 0.2) is 5.69 Å². The average molecular weight is 363 g/mol. The normalized spacial score (nSPS) is 10.1. The largest absolute Gasteiger partial charge is 0.326 e. The lowest BCUT2D eigenvalue weighted by Gasteiger charge is -2.08. The number of amides is 3. The van der Waals surface area contributed by atoms with Gasteiger partial charge < -0.3 is 16.0 Å². The summed E-state index contributed by atoms with van der Waals surface area (Å²) in [5, 5.41) is 14.5. The molecular weight excluding hydrogens is 346 g/mol. The Labute approximate surface area is 155 Å². The van der Waals surface area contributed by atoms with Gasteiger partial charge in [-0.25, -0.2) is 0 Å². The zero-order chi connectivity index (χ0) is 19.2. The van der Waals surface area contributed by atoms with Crippen LogP contribution in [0.15, 0.2) is 60.8 Å². The van der Waals surface area contributed by atoms with E-state index in [4.69, 9.17) is 0 Å². The van der Waals surface area contributed by atoms with Crippen LogP contribution in [0.1, 0.15) is 27.8 Å². The fourth-order valence-corrected chi connectivity index (χ4v) is 2.41. The number of aromatic amines is 1. The molecule has 0 saturated heterocycles. The molecule has 0 unspecified atom stereocenters. The van der Waals surface area contributed by atoms with Gasteiger partial charge in [-0.3, -0.25) is 19.5 Å². The lowest BCUT2D eigenvalue weighted by molar-refractivity contribution is -0.114. The molecule has 0 atom stereocenters. The van der Waals surface area contributed by atoms with E-state index in [-0.39, 0.29) is 17.3 Å². The van der Waals surface area contributed by atoms with Crippen molar-refractivity contribution in [3.05, 3.63) is 72.1 Å². The maximum Gasteiger partial charge on any atom is 0.278 e. The van der Waals surface area contributed by atoms with Crippen molar-refractivity contribution in [1.29, 1.82) is 0 Å². The number of anilines is 3. The maximum absolute atomic E-state index is 12.5. The van der Waals surface area contributed by atoms with Crippen LogP contribution < -0.4 is 16.0 Å². The average Bonchev–Trinajstić information content (AvgIpc) is 3.10. The molecule has 136 valence electrons. The minimum atomic E-state index is -0.454. The third-order valence-electron chi connectivity index (χ3n) is 3.58. The molecule has 3 aromatic rings. The Bertz CT molecular complexity index is 982. The fraction of sp³-hybridized carbons (Fsp3) is 0.0526. The standard InChI is InChI=1S/C19H17N5O3/c1-12(25)21-15-9-5-6-13(10-15)18(26)23-16-11-20-24-17(16)19(27)22-14-7-3-2-4-8-14/h2-11H,1H3,(H,20,24)(H,21,25)(H,22,27)(H,23,26). The molecule has 0 aliphatic heterocycles. The molecule has 0 fully saturated rings. The van der Waals surface area contributed by atoms with E-state index >= 15 is 0 Å². The Hall–Kier alpha value is -3.94. The highest BCUT2D eigenvalue weighted by Crippen LogP contribution is 2.17. The minimum Gasteiger partial charge on any atom is -0.326 e. The Kier molecular flexibility index (Phi) is 5.27. The van der Waals surface area contributed by atoms with E-state index in [0.29, 0.717) is 16.9 Å². The van der Waals surface area contributed by atoms with E-state index in [0.717, 1.165) is 0 Å². The van der Waals surface area contributed by atoms with Gasteiger partial charge in [0.05, 0.1) is 5.69 Å². The van der Waals surface area contributed by atoms with Crippen LogP contribution in [-0.4, -0.2) is 27.9 Å². The Balaban J connectivity index is 1.73. The molecule has 4 N–H and O–H groups in total. The van der Waals surface area contributed by atoms with Crippen molar-refractivity contribution in [3.63, 3.8) is 0 Å². The summed E-state index contributed by atoms with van der Waals surface area (Å²) < 4.78 is 0. The third kappa shape index (κ3) is 4.57. The Morgan fingerprint density at radius 3 is 2.33 bits per heavy atom. The molecule has 0 spiro atoms. The highest BCUT2D eigenvalue weighted by Gasteiger charge is 2.17. The van der Waals surface area contributed by atoms with Crippen LogP contribution in [0.5, 0.6) is 0 Å². The summed E-state index contributed by atoms with van der Waals surface area (Å²) in [4.78, 5) is 36.0. The van der Waals surface area contributed by atoms with Gasteiger partial charge >= 0.3 is 0 Å². The van der Waals surface area contributed by atoms with E-state index in [1.54, 1.807) is 48.5 Å². The number of carbonyl (C=O) groups is 3. The number of para-hydroxylation sites is 1. The fourth-order valence-electron chi connectivity index (χ4n) is 2.41. The van der Waals surface area contributed by atoms with E-state index in [1.807, 2.05) is 6.07 Å². The first kappa shape index (κ1) is 17.9. The minimum absolute atomic E-state index is 0.0604. The first-order valence-electron chi connectivity index (χ1n) is 8.12. The predicted molar refractivity (Wildman–Crippen MR) is 102 cm³/mol. The van der Waals surface area contributed by atoms with E-state index < -0.39 is 11.8 Å². The summed E-state index contributed by atoms with van der Waals surface area (Å²) >= 11 is 0. The van der Waals surface area contributed by atoms with Gasteiger partial charge in [0.25, 0.3) is 11.8 Å². The van der Waals surface area contributed by atoms with Crippen LogP contribution in [0.25, 0.3) is 0 Å². The van der Waals surface area contributed by atoms with E-state index in [2.05, 4.69) is 26.1 Å². The van der Waals surface area contributed by atoms with Crippen molar-refractivity contribution in [1.82, 2.24) is 10.2 Å². The van der Waals surface area contributed by atoms with Crippen molar-refractivity contribution in [2.75, 3.05) is 16.0 Å². The molecule has 0 aliphatic rings. The third-order valence-corrected chi connectivity index (χ3v) is 3.58. The highest BCUT2D eigenvalue weighted by molar-refractivity contribution is 6.11. The summed E-state index contributed by atoms with van der Waals surface area (Å²) in [6, 6.07) is 15.4. The molecular formula is C19H17N5O3. The molecule has 3 amide bonds. The maximum atomic E-state index is 12.5. The number of hydrogen-bond donors (Lipinski definition) is 4. The molecule has 8 nitrogen and oxygen atoms in total. The smallest absolute Gasteiger partial charge is 0.278 e. The molecule has 0 saturated carbocycles. The molecule has 0 bridgehead atoms. The second-order valence-corrected chi connectivity index (χ2v) is 5.68.